The molecule has 1 unspecified atom stereocenters. The van der Waals surface area contributed by atoms with E-state index in [0.717, 1.165) is 18.7 Å². The van der Waals surface area contributed by atoms with Gasteiger partial charge in [0, 0.05) is 22.3 Å². The number of rotatable bonds is 7. The molecule has 90 valence electrons. The largest absolute Gasteiger partial charge is 0.376 e. The number of aryl methyl sites for hydroxylation is 1. The number of hydrogen-bond acceptors (Lipinski definition) is 3. The zero-order chi connectivity index (χ0) is 12.0. The minimum atomic E-state index is 0.409. The first kappa shape index (κ1) is 13.4. The van der Waals surface area contributed by atoms with Crippen LogP contribution in [0.3, 0.4) is 0 Å². The summed E-state index contributed by atoms with van der Waals surface area (Å²) in [6.45, 7) is 12.4. The van der Waals surface area contributed by atoms with Crippen LogP contribution in [0.2, 0.25) is 0 Å². The van der Waals surface area contributed by atoms with Gasteiger partial charge in [0.1, 0.15) is 0 Å². The van der Waals surface area contributed by atoms with E-state index < -0.39 is 0 Å². The van der Waals surface area contributed by atoms with Crippen LogP contribution in [0, 0.1) is 6.92 Å². The molecule has 0 aliphatic heterocycles. The Kier molecular flexibility index (Phi) is 5.74. The van der Waals surface area contributed by atoms with Crippen LogP contribution in [-0.4, -0.2) is 19.8 Å². The Hall–Kier alpha value is -0.640. The molecule has 1 N–H and O–H groups in total. The van der Waals surface area contributed by atoms with E-state index in [4.69, 9.17) is 4.74 Å². The number of ether oxygens (including phenoxy) is 1. The lowest BCUT2D eigenvalue weighted by atomic mass is 10.3. The molecule has 0 aliphatic carbocycles. The topological polar surface area (TPSA) is 21.3 Å². The van der Waals surface area contributed by atoms with Crippen molar-refractivity contribution >= 4 is 11.3 Å². The Balaban J connectivity index is 2.15. The molecule has 0 radical (unpaired) electrons. The van der Waals surface area contributed by atoms with Crippen LogP contribution >= 0.6 is 11.3 Å². The summed E-state index contributed by atoms with van der Waals surface area (Å²) >= 11 is 1.85. The molecule has 16 heavy (non-hydrogen) atoms. The summed E-state index contributed by atoms with van der Waals surface area (Å²) in [5.74, 6) is 0. The molecule has 1 heterocycles. The van der Waals surface area contributed by atoms with Crippen molar-refractivity contribution in [3.63, 3.8) is 0 Å². The third-order valence-corrected chi connectivity index (χ3v) is 3.42. The van der Waals surface area contributed by atoms with Gasteiger partial charge in [-0.3, -0.25) is 0 Å². The van der Waals surface area contributed by atoms with Crippen LogP contribution in [0.5, 0.6) is 0 Å². The molecule has 0 amide bonds. The third-order valence-electron chi connectivity index (χ3n) is 2.23. The zero-order valence-corrected chi connectivity index (χ0v) is 11.2. The van der Waals surface area contributed by atoms with E-state index in [0.29, 0.717) is 12.6 Å². The fraction of sp³-hybridized carbons (Fsp3) is 0.538. The van der Waals surface area contributed by atoms with E-state index in [1.165, 1.54) is 9.75 Å². The molecule has 0 spiro atoms. The summed E-state index contributed by atoms with van der Waals surface area (Å²) in [5.41, 5.74) is 1.07. The Bertz CT molecular complexity index is 332. The molecule has 0 fully saturated rings. The monoisotopic (exact) mass is 239 g/mol. The second-order valence-electron chi connectivity index (χ2n) is 4.13. The molecule has 1 aromatic rings. The van der Waals surface area contributed by atoms with Crippen LogP contribution in [0.1, 0.15) is 29.6 Å². The van der Waals surface area contributed by atoms with E-state index in [9.17, 15) is 0 Å². The van der Waals surface area contributed by atoms with E-state index >= 15 is 0 Å². The maximum absolute atomic E-state index is 5.43. The maximum Gasteiger partial charge on any atom is 0.0672 e. The average Bonchev–Trinajstić information content (AvgIpc) is 2.63. The maximum atomic E-state index is 5.43. The van der Waals surface area contributed by atoms with Gasteiger partial charge in [0.25, 0.3) is 0 Å². The molecule has 0 aliphatic rings. The fourth-order valence-corrected chi connectivity index (χ4v) is 2.28. The summed E-state index contributed by atoms with van der Waals surface area (Å²) in [6, 6.07) is 4.76. The van der Waals surface area contributed by atoms with Gasteiger partial charge in [-0.15, -0.1) is 11.3 Å². The van der Waals surface area contributed by atoms with Crippen LogP contribution < -0.4 is 5.32 Å². The molecule has 0 aromatic carbocycles. The van der Waals surface area contributed by atoms with Gasteiger partial charge in [0.05, 0.1) is 13.2 Å². The minimum Gasteiger partial charge on any atom is -0.376 e. The van der Waals surface area contributed by atoms with Crippen LogP contribution in [-0.2, 0) is 4.74 Å². The molecule has 0 bridgehead atoms. The minimum absolute atomic E-state index is 0.409. The van der Waals surface area contributed by atoms with E-state index in [-0.39, 0.29) is 0 Å². The van der Waals surface area contributed by atoms with Crippen molar-refractivity contribution in [2.45, 2.75) is 26.8 Å². The van der Waals surface area contributed by atoms with Crippen molar-refractivity contribution in [3.05, 3.63) is 34.0 Å². The van der Waals surface area contributed by atoms with Crippen molar-refractivity contribution in [2.24, 2.45) is 0 Å². The van der Waals surface area contributed by atoms with Gasteiger partial charge in [-0.1, -0.05) is 12.2 Å². The van der Waals surface area contributed by atoms with Gasteiger partial charge in [-0.25, -0.2) is 0 Å². The molecule has 2 nitrogen and oxygen atoms in total. The molecule has 1 rings (SSSR count). The number of hydrogen-bond donors (Lipinski definition) is 1. The van der Waals surface area contributed by atoms with Crippen molar-refractivity contribution in [3.8, 4) is 0 Å². The fourth-order valence-electron chi connectivity index (χ4n) is 1.38. The molecule has 1 aromatic heterocycles. The van der Waals surface area contributed by atoms with Crippen molar-refractivity contribution in [1.29, 1.82) is 0 Å². The predicted molar refractivity (Wildman–Crippen MR) is 71.1 cm³/mol. The van der Waals surface area contributed by atoms with Gasteiger partial charge < -0.3 is 10.1 Å². The summed E-state index contributed by atoms with van der Waals surface area (Å²) in [7, 11) is 0. The highest BCUT2D eigenvalue weighted by Crippen LogP contribution is 2.21. The lowest BCUT2D eigenvalue weighted by molar-refractivity contribution is 0.156. The second-order valence-corrected chi connectivity index (χ2v) is 5.45. The smallest absolute Gasteiger partial charge is 0.0672 e. The number of thiophene rings is 1. The van der Waals surface area contributed by atoms with Crippen molar-refractivity contribution in [1.82, 2.24) is 5.32 Å². The van der Waals surface area contributed by atoms with Gasteiger partial charge in [-0.05, 0) is 32.9 Å². The SMILES string of the molecule is C=C(C)COCCNC(C)c1ccc(C)s1. The summed E-state index contributed by atoms with van der Waals surface area (Å²) in [5, 5.41) is 3.44. The lowest BCUT2D eigenvalue weighted by Crippen LogP contribution is -2.22. The Morgan fingerprint density at radius 2 is 2.31 bits per heavy atom. The lowest BCUT2D eigenvalue weighted by Gasteiger charge is -2.12. The highest BCUT2D eigenvalue weighted by Gasteiger charge is 2.05. The van der Waals surface area contributed by atoms with Gasteiger partial charge in [0.2, 0.25) is 0 Å². The first-order valence-corrected chi connectivity index (χ1v) is 6.43. The Morgan fingerprint density at radius 3 is 2.88 bits per heavy atom. The van der Waals surface area contributed by atoms with Gasteiger partial charge >= 0.3 is 0 Å². The van der Waals surface area contributed by atoms with Crippen molar-refractivity contribution in [2.75, 3.05) is 19.8 Å². The van der Waals surface area contributed by atoms with E-state index in [1.807, 2.05) is 18.3 Å². The molecular formula is C13H21NOS. The molecule has 1 atom stereocenters. The Labute approximate surface area is 102 Å². The normalized spacial score (nSPS) is 12.7. The molecule has 0 saturated heterocycles. The molecular weight excluding hydrogens is 218 g/mol. The van der Waals surface area contributed by atoms with Crippen molar-refractivity contribution < 1.29 is 4.74 Å². The quantitative estimate of drug-likeness (QED) is 0.582. The third kappa shape index (κ3) is 4.92. The predicted octanol–water partition coefficient (Wildman–Crippen LogP) is 3.30. The van der Waals surface area contributed by atoms with Crippen LogP contribution in [0.25, 0.3) is 0 Å². The highest BCUT2D eigenvalue weighted by molar-refractivity contribution is 7.12. The highest BCUT2D eigenvalue weighted by atomic mass is 32.1. The standard InChI is InChI=1S/C13H21NOS/c1-10(2)9-15-8-7-14-12(4)13-6-5-11(3)16-13/h5-6,12,14H,1,7-9H2,2-4H3. The van der Waals surface area contributed by atoms with E-state index in [1.54, 1.807) is 0 Å². The first-order valence-electron chi connectivity index (χ1n) is 5.61. The summed E-state index contributed by atoms with van der Waals surface area (Å²) in [4.78, 5) is 2.75. The average molecular weight is 239 g/mol. The van der Waals surface area contributed by atoms with E-state index in [2.05, 4.69) is 37.9 Å². The molecule has 3 heteroatoms. The first-order chi connectivity index (χ1) is 7.59. The van der Waals surface area contributed by atoms with Gasteiger partial charge in [-0.2, -0.15) is 0 Å². The van der Waals surface area contributed by atoms with Crippen LogP contribution in [0.4, 0.5) is 0 Å². The van der Waals surface area contributed by atoms with Crippen LogP contribution in [0.15, 0.2) is 24.3 Å². The Morgan fingerprint density at radius 1 is 1.56 bits per heavy atom. The number of nitrogens with one attached hydrogen (secondary N) is 1. The van der Waals surface area contributed by atoms with Gasteiger partial charge in [0.15, 0.2) is 0 Å². The second kappa shape index (κ2) is 6.84. The molecule has 0 saturated carbocycles. The summed E-state index contributed by atoms with van der Waals surface area (Å²) in [6.07, 6.45) is 0. The zero-order valence-electron chi connectivity index (χ0n) is 10.4. The summed E-state index contributed by atoms with van der Waals surface area (Å²) < 4.78 is 5.43.